The van der Waals surface area contributed by atoms with Crippen molar-refractivity contribution in [2.24, 2.45) is 5.10 Å². The number of benzene rings is 3. The fraction of sp³-hybridized carbons (Fsp3) is 0.233. The minimum Gasteiger partial charge on any atom is -0.508 e. The summed E-state index contributed by atoms with van der Waals surface area (Å²) in [5.41, 5.74) is 5.20. The molecule has 2 heterocycles. The van der Waals surface area contributed by atoms with Gasteiger partial charge in [0.25, 0.3) is 0 Å². The quantitative estimate of drug-likeness (QED) is 0.123. The van der Waals surface area contributed by atoms with Crippen molar-refractivity contribution in [1.82, 2.24) is 9.97 Å². The van der Waals surface area contributed by atoms with Crippen LogP contribution < -0.4 is 15.6 Å². The Morgan fingerprint density at radius 2 is 1.83 bits per heavy atom. The number of phenols is 1. The first-order valence-corrected chi connectivity index (χ1v) is 13.3. The van der Waals surface area contributed by atoms with Crippen LogP contribution in [0.1, 0.15) is 23.6 Å². The Labute approximate surface area is 239 Å². The molecule has 4 aromatic rings. The third-order valence-corrected chi connectivity index (χ3v) is 6.66. The highest BCUT2D eigenvalue weighted by Gasteiger charge is 2.31. The number of hydrazone groups is 1. The van der Waals surface area contributed by atoms with Crippen LogP contribution in [-0.4, -0.2) is 47.6 Å². The van der Waals surface area contributed by atoms with Crippen LogP contribution in [0.15, 0.2) is 72.0 Å². The van der Waals surface area contributed by atoms with Gasteiger partial charge >= 0.3 is 6.18 Å². The molecular weight excluding hydrogens is 552 g/mol. The number of aromatic nitrogens is 2. The average Bonchev–Trinajstić information content (AvgIpc) is 2.98. The van der Waals surface area contributed by atoms with E-state index in [1.54, 1.807) is 41.4 Å². The number of ether oxygens (including phenoxy) is 1. The van der Waals surface area contributed by atoms with E-state index in [1.165, 1.54) is 12.1 Å². The van der Waals surface area contributed by atoms with Crippen LogP contribution >= 0.6 is 0 Å². The van der Waals surface area contributed by atoms with Crippen LogP contribution in [0.4, 0.5) is 40.7 Å². The lowest BCUT2D eigenvalue weighted by atomic mass is 10.0. The SMILES string of the molecule is CCc1cc(Nc2cc(-c3cccc(O)c3)cc(C(F)(F)F)c2)ccc1/C=N/Nc1ncc(F)c(N2CCOCC2)n1. The van der Waals surface area contributed by atoms with Gasteiger partial charge in [-0.05, 0) is 71.1 Å². The van der Waals surface area contributed by atoms with Gasteiger partial charge in [0, 0.05) is 24.5 Å². The van der Waals surface area contributed by atoms with Crippen LogP contribution in [0.25, 0.3) is 11.1 Å². The number of nitrogens with zero attached hydrogens (tertiary/aromatic N) is 4. The lowest BCUT2D eigenvalue weighted by molar-refractivity contribution is -0.137. The lowest BCUT2D eigenvalue weighted by Gasteiger charge is -2.27. The molecule has 3 N–H and O–H groups in total. The summed E-state index contributed by atoms with van der Waals surface area (Å²) in [6.07, 6.45) is -1.26. The number of rotatable bonds is 8. The lowest BCUT2D eigenvalue weighted by Crippen LogP contribution is -2.37. The molecule has 218 valence electrons. The molecule has 1 aromatic heterocycles. The molecule has 0 radical (unpaired) electrons. The molecule has 0 bridgehead atoms. The van der Waals surface area contributed by atoms with E-state index in [0.717, 1.165) is 29.5 Å². The molecule has 8 nitrogen and oxygen atoms in total. The van der Waals surface area contributed by atoms with Gasteiger partial charge < -0.3 is 20.1 Å². The number of aryl methyl sites for hydroxylation is 1. The van der Waals surface area contributed by atoms with E-state index in [9.17, 15) is 22.7 Å². The first kappa shape index (κ1) is 28.8. The van der Waals surface area contributed by atoms with E-state index < -0.39 is 17.6 Å². The third kappa shape index (κ3) is 6.95. The van der Waals surface area contributed by atoms with Crippen molar-refractivity contribution >= 4 is 29.4 Å². The molecule has 5 rings (SSSR count). The normalized spacial score (nSPS) is 13.9. The number of alkyl halides is 3. The zero-order valence-corrected chi connectivity index (χ0v) is 22.6. The third-order valence-electron chi connectivity index (χ3n) is 6.66. The summed E-state index contributed by atoms with van der Waals surface area (Å²) in [7, 11) is 0. The zero-order chi connectivity index (χ0) is 29.7. The molecule has 0 atom stereocenters. The maximum Gasteiger partial charge on any atom is 0.416 e. The Balaban J connectivity index is 1.34. The molecule has 0 unspecified atom stereocenters. The number of nitrogens with one attached hydrogen (secondary N) is 2. The predicted molar refractivity (Wildman–Crippen MR) is 154 cm³/mol. The van der Waals surface area contributed by atoms with E-state index in [1.807, 2.05) is 13.0 Å². The van der Waals surface area contributed by atoms with Crippen molar-refractivity contribution in [2.75, 3.05) is 41.9 Å². The topological polar surface area (TPSA) is 94.9 Å². The number of hydrogen-bond acceptors (Lipinski definition) is 8. The number of aromatic hydroxyl groups is 1. The molecule has 1 saturated heterocycles. The fourth-order valence-corrected chi connectivity index (χ4v) is 4.57. The number of morpholine rings is 1. The maximum absolute atomic E-state index is 14.3. The van der Waals surface area contributed by atoms with Crippen LogP contribution in [0.2, 0.25) is 0 Å². The van der Waals surface area contributed by atoms with Crippen LogP contribution in [-0.2, 0) is 17.3 Å². The Bertz CT molecular complexity index is 1590. The van der Waals surface area contributed by atoms with Crippen molar-refractivity contribution < 1.29 is 27.4 Å². The highest BCUT2D eigenvalue weighted by atomic mass is 19.4. The van der Waals surface area contributed by atoms with Crippen molar-refractivity contribution in [1.29, 1.82) is 0 Å². The summed E-state index contributed by atoms with van der Waals surface area (Å²) >= 11 is 0. The predicted octanol–water partition coefficient (Wildman–Crippen LogP) is 6.60. The van der Waals surface area contributed by atoms with Gasteiger partial charge in [0.2, 0.25) is 5.95 Å². The molecule has 12 heteroatoms. The molecule has 0 saturated carbocycles. The monoisotopic (exact) mass is 580 g/mol. The van der Waals surface area contributed by atoms with Gasteiger partial charge in [0.1, 0.15) is 5.75 Å². The van der Waals surface area contributed by atoms with E-state index in [4.69, 9.17) is 4.74 Å². The van der Waals surface area contributed by atoms with E-state index in [2.05, 4.69) is 25.8 Å². The fourth-order valence-electron chi connectivity index (χ4n) is 4.57. The summed E-state index contributed by atoms with van der Waals surface area (Å²) in [6, 6.07) is 15.1. The van der Waals surface area contributed by atoms with Gasteiger partial charge in [-0.3, -0.25) is 0 Å². The standard InChI is InChI=1S/C30H28F4N6O2/c1-2-19-13-24(37-25-14-22(12-23(16-25)30(32,33)34)20-4-3-5-26(41)15-20)7-6-21(19)17-36-39-29-35-18-27(31)28(38-29)40-8-10-42-11-9-40/h3-7,12-18,37,41H,2,8-11H2,1H3,(H,35,38,39)/b36-17+. The van der Waals surface area contributed by atoms with E-state index in [0.29, 0.717) is 49.5 Å². The van der Waals surface area contributed by atoms with Crippen molar-refractivity contribution in [3.8, 4) is 16.9 Å². The van der Waals surface area contributed by atoms with Gasteiger partial charge in [0.05, 0.1) is 31.2 Å². The number of phenolic OH excluding ortho intramolecular Hbond substituents is 1. The van der Waals surface area contributed by atoms with Crippen LogP contribution in [0.5, 0.6) is 5.75 Å². The average molecular weight is 581 g/mol. The number of halogens is 4. The minimum atomic E-state index is -4.55. The number of hydrogen-bond donors (Lipinski definition) is 3. The highest BCUT2D eigenvalue weighted by Crippen LogP contribution is 2.36. The second kappa shape index (κ2) is 12.4. The molecule has 42 heavy (non-hydrogen) atoms. The molecule has 0 amide bonds. The van der Waals surface area contributed by atoms with Gasteiger partial charge in [-0.25, -0.2) is 14.8 Å². The first-order chi connectivity index (χ1) is 20.2. The van der Waals surface area contributed by atoms with Gasteiger partial charge in [-0.15, -0.1) is 0 Å². The Morgan fingerprint density at radius 3 is 2.57 bits per heavy atom. The summed E-state index contributed by atoms with van der Waals surface area (Å²) in [5, 5.41) is 17.1. The first-order valence-electron chi connectivity index (χ1n) is 13.3. The molecule has 1 aliphatic heterocycles. The minimum absolute atomic E-state index is 0.0396. The van der Waals surface area contributed by atoms with Gasteiger partial charge in [0.15, 0.2) is 11.6 Å². The summed E-state index contributed by atoms with van der Waals surface area (Å²) < 4.78 is 60.7. The van der Waals surface area contributed by atoms with E-state index >= 15 is 0 Å². The smallest absolute Gasteiger partial charge is 0.416 e. The van der Waals surface area contributed by atoms with Gasteiger partial charge in [-0.1, -0.05) is 25.1 Å². The second-order valence-corrected chi connectivity index (χ2v) is 9.57. The van der Waals surface area contributed by atoms with E-state index in [-0.39, 0.29) is 23.2 Å². The summed E-state index contributed by atoms with van der Waals surface area (Å²) in [5.74, 6) is -0.255. The molecular formula is C30H28F4N6O2. The largest absolute Gasteiger partial charge is 0.508 e. The molecule has 0 spiro atoms. The summed E-state index contributed by atoms with van der Waals surface area (Å²) in [6.45, 7) is 3.97. The molecule has 1 fully saturated rings. The Hall–Kier alpha value is -4.71. The van der Waals surface area contributed by atoms with Crippen molar-refractivity contribution in [3.05, 3.63) is 89.4 Å². The second-order valence-electron chi connectivity index (χ2n) is 9.57. The van der Waals surface area contributed by atoms with Crippen molar-refractivity contribution in [2.45, 2.75) is 19.5 Å². The van der Waals surface area contributed by atoms with Crippen molar-refractivity contribution in [3.63, 3.8) is 0 Å². The molecule has 1 aliphatic rings. The zero-order valence-electron chi connectivity index (χ0n) is 22.6. The van der Waals surface area contributed by atoms with Gasteiger partial charge in [-0.2, -0.15) is 23.3 Å². The maximum atomic E-state index is 14.3. The summed E-state index contributed by atoms with van der Waals surface area (Å²) in [4.78, 5) is 9.98. The van der Waals surface area contributed by atoms with Crippen LogP contribution in [0, 0.1) is 5.82 Å². The highest BCUT2D eigenvalue weighted by molar-refractivity contribution is 5.84. The molecule has 3 aromatic carbocycles. The Kier molecular flexibility index (Phi) is 8.53. The Morgan fingerprint density at radius 1 is 1.02 bits per heavy atom. The van der Waals surface area contributed by atoms with Crippen LogP contribution in [0.3, 0.4) is 0 Å². The number of anilines is 4. The molecule has 0 aliphatic carbocycles.